The first-order valence-corrected chi connectivity index (χ1v) is 6.18. The van der Waals surface area contributed by atoms with Gasteiger partial charge in [0.25, 0.3) is 0 Å². The molecule has 0 atom stereocenters. The quantitative estimate of drug-likeness (QED) is 0.677. The summed E-state index contributed by atoms with van der Waals surface area (Å²) in [4.78, 5) is 8.41. The molecule has 0 bridgehead atoms. The molecular formula is C13H18N4O. The number of rotatable bonds is 6. The van der Waals surface area contributed by atoms with E-state index in [0.29, 0.717) is 0 Å². The van der Waals surface area contributed by atoms with E-state index < -0.39 is 0 Å². The molecule has 0 saturated carbocycles. The van der Waals surface area contributed by atoms with Gasteiger partial charge in [-0.3, -0.25) is 0 Å². The first kappa shape index (κ1) is 12.6. The second-order valence-electron chi connectivity index (χ2n) is 4.16. The van der Waals surface area contributed by atoms with Crippen LogP contribution in [0, 0.1) is 0 Å². The van der Waals surface area contributed by atoms with Gasteiger partial charge in [0.1, 0.15) is 5.82 Å². The largest absolute Gasteiger partial charge is 0.396 e. The molecule has 0 aliphatic carbocycles. The number of benzene rings is 1. The Bertz CT molecular complexity index is 515. The van der Waals surface area contributed by atoms with Crippen molar-refractivity contribution in [3.8, 4) is 0 Å². The Morgan fingerprint density at radius 2 is 1.94 bits per heavy atom. The van der Waals surface area contributed by atoms with Crippen LogP contribution in [0.25, 0.3) is 10.9 Å². The summed E-state index contributed by atoms with van der Waals surface area (Å²) >= 11 is 0. The highest BCUT2D eigenvalue weighted by Gasteiger charge is 2.04. The number of hydrogen-bond donors (Lipinski definition) is 3. The Morgan fingerprint density at radius 3 is 2.78 bits per heavy atom. The third-order valence-electron chi connectivity index (χ3n) is 2.75. The molecule has 0 spiro atoms. The average Bonchev–Trinajstić information content (AvgIpc) is 2.38. The van der Waals surface area contributed by atoms with Crippen LogP contribution in [0.4, 0.5) is 11.8 Å². The van der Waals surface area contributed by atoms with E-state index in [2.05, 4.69) is 15.3 Å². The molecule has 0 aliphatic rings. The minimum absolute atomic E-state index is 0.253. The third-order valence-corrected chi connectivity index (χ3v) is 2.75. The minimum Gasteiger partial charge on any atom is -0.396 e. The highest BCUT2D eigenvalue weighted by atomic mass is 16.2. The van der Waals surface area contributed by atoms with Crippen LogP contribution in [0.1, 0.15) is 19.3 Å². The summed E-state index contributed by atoms with van der Waals surface area (Å²) in [5.74, 6) is 1.06. The summed E-state index contributed by atoms with van der Waals surface area (Å²) in [6, 6.07) is 7.79. The number of aromatic nitrogens is 2. The molecule has 2 rings (SSSR count). The van der Waals surface area contributed by atoms with Gasteiger partial charge in [0.15, 0.2) is 0 Å². The maximum Gasteiger partial charge on any atom is 0.222 e. The molecule has 1 aromatic heterocycles. The minimum atomic E-state index is 0.253. The van der Waals surface area contributed by atoms with Crippen molar-refractivity contribution < 1.29 is 5.11 Å². The topological polar surface area (TPSA) is 84.1 Å². The zero-order valence-electron chi connectivity index (χ0n) is 10.3. The van der Waals surface area contributed by atoms with Crippen LogP contribution in [0.15, 0.2) is 24.3 Å². The summed E-state index contributed by atoms with van der Waals surface area (Å²) in [6.07, 6.45) is 2.84. The number of nitrogen functional groups attached to an aromatic ring is 1. The molecule has 2 aromatic rings. The van der Waals surface area contributed by atoms with Gasteiger partial charge in [-0.2, -0.15) is 4.98 Å². The van der Waals surface area contributed by atoms with E-state index in [4.69, 9.17) is 10.8 Å². The van der Waals surface area contributed by atoms with Gasteiger partial charge in [-0.1, -0.05) is 12.1 Å². The van der Waals surface area contributed by atoms with Gasteiger partial charge in [-0.05, 0) is 31.4 Å². The second-order valence-corrected chi connectivity index (χ2v) is 4.16. The predicted molar refractivity (Wildman–Crippen MR) is 73.4 cm³/mol. The van der Waals surface area contributed by atoms with Crippen LogP contribution in [-0.2, 0) is 0 Å². The van der Waals surface area contributed by atoms with Gasteiger partial charge in [0.2, 0.25) is 5.95 Å². The smallest absolute Gasteiger partial charge is 0.222 e. The van der Waals surface area contributed by atoms with Crippen molar-refractivity contribution in [2.75, 3.05) is 24.2 Å². The fourth-order valence-corrected chi connectivity index (χ4v) is 1.85. The van der Waals surface area contributed by atoms with Crippen molar-refractivity contribution in [2.45, 2.75) is 19.3 Å². The number of nitrogens with two attached hydrogens (primary N) is 1. The van der Waals surface area contributed by atoms with E-state index in [1.54, 1.807) is 0 Å². The molecule has 0 aliphatic heterocycles. The van der Waals surface area contributed by atoms with Gasteiger partial charge >= 0.3 is 0 Å². The van der Waals surface area contributed by atoms with Crippen LogP contribution < -0.4 is 11.1 Å². The number of unbranched alkanes of at least 4 members (excludes halogenated alkanes) is 2. The Kier molecular flexibility index (Phi) is 4.30. The van der Waals surface area contributed by atoms with Crippen molar-refractivity contribution in [3.63, 3.8) is 0 Å². The average molecular weight is 246 g/mol. The Balaban J connectivity index is 2.07. The molecule has 0 unspecified atom stereocenters. The SMILES string of the molecule is Nc1nc(NCCCCCO)c2ccccc2n1. The van der Waals surface area contributed by atoms with Gasteiger partial charge in [-0.15, -0.1) is 0 Å². The zero-order valence-corrected chi connectivity index (χ0v) is 10.3. The van der Waals surface area contributed by atoms with Crippen LogP contribution >= 0.6 is 0 Å². The molecule has 1 heterocycles. The molecule has 18 heavy (non-hydrogen) atoms. The van der Waals surface area contributed by atoms with Crippen molar-refractivity contribution in [3.05, 3.63) is 24.3 Å². The monoisotopic (exact) mass is 246 g/mol. The molecule has 1 aromatic carbocycles. The first-order valence-electron chi connectivity index (χ1n) is 6.18. The van der Waals surface area contributed by atoms with E-state index in [0.717, 1.165) is 42.5 Å². The number of aliphatic hydroxyl groups excluding tert-OH is 1. The molecule has 0 fully saturated rings. The van der Waals surface area contributed by atoms with Gasteiger partial charge in [0, 0.05) is 18.5 Å². The van der Waals surface area contributed by atoms with Crippen LogP contribution in [0.5, 0.6) is 0 Å². The number of nitrogens with one attached hydrogen (secondary N) is 1. The predicted octanol–water partition coefficient (Wildman–Crippen LogP) is 1.79. The number of fused-ring (bicyclic) bond motifs is 1. The number of hydrogen-bond acceptors (Lipinski definition) is 5. The lowest BCUT2D eigenvalue weighted by molar-refractivity contribution is 0.283. The van der Waals surface area contributed by atoms with Gasteiger partial charge in [-0.25, -0.2) is 4.98 Å². The first-order chi connectivity index (χ1) is 8.81. The summed E-state index contributed by atoms with van der Waals surface area (Å²) in [6.45, 7) is 1.07. The number of nitrogens with zero attached hydrogens (tertiary/aromatic N) is 2. The lowest BCUT2D eigenvalue weighted by Gasteiger charge is -2.09. The fourth-order valence-electron chi connectivity index (χ4n) is 1.85. The van der Waals surface area contributed by atoms with Gasteiger partial charge in [0.05, 0.1) is 5.52 Å². The molecule has 5 heteroatoms. The van der Waals surface area contributed by atoms with E-state index in [1.807, 2.05) is 24.3 Å². The lowest BCUT2D eigenvalue weighted by atomic mass is 10.2. The molecule has 96 valence electrons. The molecule has 0 radical (unpaired) electrons. The zero-order chi connectivity index (χ0) is 12.8. The summed E-state index contributed by atoms with van der Waals surface area (Å²) in [7, 11) is 0. The number of para-hydroxylation sites is 1. The third kappa shape index (κ3) is 3.07. The van der Waals surface area contributed by atoms with Crippen LogP contribution in [0.2, 0.25) is 0 Å². The number of aliphatic hydroxyl groups is 1. The molecule has 4 N–H and O–H groups in total. The second kappa shape index (κ2) is 6.16. The summed E-state index contributed by atoms with van der Waals surface area (Å²) in [5.41, 5.74) is 6.53. The Hall–Kier alpha value is -1.88. The maximum atomic E-state index is 8.70. The maximum absolute atomic E-state index is 8.70. The van der Waals surface area contributed by atoms with Crippen molar-refractivity contribution in [2.24, 2.45) is 0 Å². The highest BCUT2D eigenvalue weighted by molar-refractivity contribution is 5.89. The summed E-state index contributed by atoms with van der Waals surface area (Å²) in [5, 5.41) is 13.0. The van der Waals surface area contributed by atoms with Crippen LogP contribution in [0.3, 0.4) is 0 Å². The van der Waals surface area contributed by atoms with E-state index in [-0.39, 0.29) is 12.6 Å². The normalized spacial score (nSPS) is 10.7. The van der Waals surface area contributed by atoms with Crippen molar-refractivity contribution >= 4 is 22.7 Å². The highest BCUT2D eigenvalue weighted by Crippen LogP contribution is 2.20. The van der Waals surface area contributed by atoms with Crippen molar-refractivity contribution in [1.82, 2.24) is 9.97 Å². The van der Waals surface area contributed by atoms with E-state index >= 15 is 0 Å². The van der Waals surface area contributed by atoms with Gasteiger partial charge < -0.3 is 16.2 Å². The van der Waals surface area contributed by atoms with Crippen molar-refractivity contribution in [1.29, 1.82) is 0 Å². The van der Waals surface area contributed by atoms with E-state index in [9.17, 15) is 0 Å². The Labute approximate surface area is 106 Å². The standard InChI is InChI=1S/C13H18N4O/c14-13-16-11-7-3-2-6-10(11)12(17-13)15-8-4-1-5-9-18/h2-3,6-7,18H,1,4-5,8-9H2,(H3,14,15,16,17). The molecule has 0 amide bonds. The molecule has 0 saturated heterocycles. The number of anilines is 2. The molecule has 5 nitrogen and oxygen atoms in total. The fraction of sp³-hybridized carbons (Fsp3) is 0.385. The summed E-state index contributed by atoms with van der Waals surface area (Å²) < 4.78 is 0. The Morgan fingerprint density at radius 1 is 1.11 bits per heavy atom. The van der Waals surface area contributed by atoms with E-state index in [1.165, 1.54) is 0 Å². The molecular weight excluding hydrogens is 228 g/mol. The van der Waals surface area contributed by atoms with Crippen LogP contribution in [-0.4, -0.2) is 28.2 Å². The lowest BCUT2D eigenvalue weighted by Crippen LogP contribution is -2.07.